The predicted octanol–water partition coefficient (Wildman–Crippen LogP) is 2.11. The van der Waals surface area contributed by atoms with Gasteiger partial charge in [0.1, 0.15) is 11.7 Å². The molecule has 1 amide bonds. The SMILES string of the molecule is O=C(N1CC2(C[C@H](Oc3ccccn3)CCO2)C1)C1(F)CCC1. The Morgan fingerprint density at radius 1 is 1.39 bits per heavy atom. The zero-order valence-electron chi connectivity index (χ0n) is 13.0. The van der Waals surface area contributed by atoms with Crippen molar-refractivity contribution in [1.82, 2.24) is 9.88 Å². The van der Waals surface area contributed by atoms with E-state index in [2.05, 4.69) is 4.98 Å². The van der Waals surface area contributed by atoms with Gasteiger partial charge < -0.3 is 14.4 Å². The number of amides is 1. The first-order valence-corrected chi connectivity index (χ1v) is 8.29. The van der Waals surface area contributed by atoms with Crippen LogP contribution in [-0.2, 0) is 9.53 Å². The molecular formula is C17H21FN2O3. The third-order valence-electron chi connectivity index (χ3n) is 5.15. The van der Waals surface area contributed by atoms with Gasteiger partial charge in [0.15, 0.2) is 5.67 Å². The predicted molar refractivity (Wildman–Crippen MR) is 80.8 cm³/mol. The van der Waals surface area contributed by atoms with Crippen molar-refractivity contribution in [2.45, 2.75) is 49.5 Å². The fourth-order valence-corrected chi connectivity index (χ4v) is 3.67. The maximum absolute atomic E-state index is 14.2. The number of ether oxygens (including phenoxy) is 2. The van der Waals surface area contributed by atoms with Crippen LogP contribution >= 0.6 is 0 Å². The second-order valence-electron chi connectivity index (χ2n) is 6.91. The molecule has 124 valence electrons. The van der Waals surface area contributed by atoms with Gasteiger partial charge in [-0.15, -0.1) is 0 Å². The Morgan fingerprint density at radius 3 is 2.87 bits per heavy atom. The number of pyridine rings is 1. The molecule has 0 N–H and O–H groups in total. The summed E-state index contributed by atoms with van der Waals surface area (Å²) < 4.78 is 26.0. The van der Waals surface area contributed by atoms with Gasteiger partial charge in [-0.25, -0.2) is 9.37 Å². The average molecular weight is 320 g/mol. The molecule has 1 aromatic heterocycles. The van der Waals surface area contributed by atoms with Gasteiger partial charge in [-0.1, -0.05) is 6.07 Å². The molecule has 1 saturated carbocycles. The minimum Gasteiger partial charge on any atom is -0.474 e. The van der Waals surface area contributed by atoms with E-state index in [1.807, 2.05) is 18.2 Å². The molecule has 1 aliphatic carbocycles. The zero-order chi connectivity index (χ0) is 15.9. The number of hydrogen-bond donors (Lipinski definition) is 0. The normalized spacial score (nSPS) is 27.9. The molecule has 0 radical (unpaired) electrons. The molecule has 4 rings (SSSR count). The van der Waals surface area contributed by atoms with Gasteiger partial charge >= 0.3 is 0 Å². The van der Waals surface area contributed by atoms with E-state index in [0.717, 1.165) is 12.8 Å². The van der Waals surface area contributed by atoms with Crippen LogP contribution in [0.5, 0.6) is 5.88 Å². The maximum Gasteiger partial charge on any atom is 0.260 e. The zero-order valence-corrected chi connectivity index (χ0v) is 13.0. The lowest BCUT2D eigenvalue weighted by atomic mass is 9.78. The highest BCUT2D eigenvalue weighted by Crippen LogP contribution is 2.42. The maximum atomic E-state index is 14.2. The number of rotatable bonds is 3. The van der Waals surface area contributed by atoms with E-state index in [1.54, 1.807) is 11.1 Å². The first-order chi connectivity index (χ1) is 11.1. The lowest BCUT2D eigenvalue weighted by Crippen LogP contribution is -2.70. The van der Waals surface area contributed by atoms with Gasteiger partial charge in [-0.3, -0.25) is 4.79 Å². The van der Waals surface area contributed by atoms with Crippen molar-refractivity contribution in [2.75, 3.05) is 19.7 Å². The number of carbonyl (C=O) groups is 1. The van der Waals surface area contributed by atoms with Crippen LogP contribution in [0.1, 0.15) is 32.1 Å². The Hall–Kier alpha value is -1.69. The summed E-state index contributed by atoms with van der Waals surface area (Å²) in [6.07, 6.45) is 4.78. The number of likely N-dealkylation sites (tertiary alicyclic amines) is 1. The molecule has 3 fully saturated rings. The van der Waals surface area contributed by atoms with Crippen molar-refractivity contribution in [1.29, 1.82) is 0 Å². The molecule has 1 spiro atoms. The Morgan fingerprint density at radius 2 is 2.22 bits per heavy atom. The molecule has 1 atom stereocenters. The second-order valence-corrected chi connectivity index (χ2v) is 6.91. The van der Waals surface area contributed by atoms with Crippen LogP contribution in [0.3, 0.4) is 0 Å². The summed E-state index contributed by atoms with van der Waals surface area (Å²) in [5.41, 5.74) is -1.98. The molecule has 3 aliphatic rings. The Bertz CT molecular complexity index is 585. The minimum atomic E-state index is -1.61. The molecule has 2 saturated heterocycles. The molecule has 3 heterocycles. The quantitative estimate of drug-likeness (QED) is 0.856. The summed E-state index contributed by atoms with van der Waals surface area (Å²) in [6, 6.07) is 5.57. The van der Waals surface area contributed by atoms with Crippen LogP contribution in [0.4, 0.5) is 4.39 Å². The van der Waals surface area contributed by atoms with E-state index in [-0.39, 0.29) is 17.6 Å². The van der Waals surface area contributed by atoms with Crippen molar-refractivity contribution in [3.63, 3.8) is 0 Å². The number of hydrogen-bond acceptors (Lipinski definition) is 4. The van der Waals surface area contributed by atoms with Gasteiger partial charge in [-0.2, -0.15) is 0 Å². The highest BCUT2D eigenvalue weighted by molar-refractivity contribution is 5.87. The third-order valence-corrected chi connectivity index (χ3v) is 5.15. The van der Waals surface area contributed by atoms with E-state index < -0.39 is 5.67 Å². The van der Waals surface area contributed by atoms with Crippen molar-refractivity contribution in [2.24, 2.45) is 0 Å². The Kier molecular flexibility index (Phi) is 3.52. The molecule has 6 heteroatoms. The van der Waals surface area contributed by atoms with E-state index in [9.17, 15) is 9.18 Å². The van der Waals surface area contributed by atoms with E-state index in [0.29, 0.717) is 44.8 Å². The summed E-state index contributed by atoms with van der Waals surface area (Å²) in [5, 5.41) is 0. The highest BCUT2D eigenvalue weighted by atomic mass is 19.1. The molecule has 23 heavy (non-hydrogen) atoms. The molecule has 0 unspecified atom stereocenters. The summed E-state index contributed by atoms with van der Waals surface area (Å²) in [5.74, 6) is 0.254. The van der Waals surface area contributed by atoms with E-state index >= 15 is 0 Å². The number of aromatic nitrogens is 1. The lowest BCUT2D eigenvalue weighted by Gasteiger charge is -2.54. The smallest absolute Gasteiger partial charge is 0.260 e. The van der Waals surface area contributed by atoms with Crippen LogP contribution in [0, 0.1) is 0 Å². The van der Waals surface area contributed by atoms with Gasteiger partial charge in [0, 0.05) is 25.1 Å². The average Bonchev–Trinajstić information content (AvgIpc) is 2.51. The molecule has 5 nitrogen and oxygen atoms in total. The topological polar surface area (TPSA) is 51.7 Å². The summed E-state index contributed by atoms with van der Waals surface area (Å²) >= 11 is 0. The highest BCUT2D eigenvalue weighted by Gasteiger charge is 2.55. The summed E-state index contributed by atoms with van der Waals surface area (Å²) in [6.45, 7) is 1.54. The molecule has 0 bridgehead atoms. The molecule has 1 aromatic rings. The van der Waals surface area contributed by atoms with Crippen LogP contribution < -0.4 is 4.74 Å². The van der Waals surface area contributed by atoms with Crippen molar-refractivity contribution in [3.05, 3.63) is 24.4 Å². The van der Waals surface area contributed by atoms with Gasteiger partial charge in [0.25, 0.3) is 5.91 Å². The van der Waals surface area contributed by atoms with Crippen molar-refractivity contribution < 1.29 is 18.7 Å². The molecule has 2 aliphatic heterocycles. The second kappa shape index (κ2) is 5.44. The Balaban J connectivity index is 1.34. The lowest BCUT2D eigenvalue weighted by molar-refractivity contribution is -0.202. The van der Waals surface area contributed by atoms with Crippen molar-refractivity contribution >= 4 is 5.91 Å². The van der Waals surface area contributed by atoms with Gasteiger partial charge in [0.05, 0.1) is 19.7 Å². The summed E-state index contributed by atoms with van der Waals surface area (Å²) in [7, 11) is 0. The van der Waals surface area contributed by atoms with E-state index in [4.69, 9.17) is 9.47 Å². The fraction of sp³-hybridized carbons (Fsp3) is 0.647. The van der Waals surface area contributed by atoms with Crippen LogP contribution in [-0.4, -0.2) is 52.9 Å². The number of halogens is 1. The van der Waals surface area contributed by atoms with Crippen LogP contribution in [0.15, 0.2) is 24.4 Å². The van der Waals surface area contributed by atoms with E-state index in [1.165, 1.54) is 0 Å². The standard InChI is InChI=1S/C17H21FN2O3/c18-17(6-3-7-17)15(21)20-11-16(12-20)10-13(5-9-22-16)23-14-4-1-2-8-19-14/h1-2,4,8,13H,3,5-7,9-12H2/t13-/m1/s1. The summed E-state index contributed by atoms with van der Waals surface area (Å²) in [4.78, 5) is 18.0. The largest absolute Gasteiger partial charge is 0.474 e. The fourth-order valence-electron chi connectivity index (χ4n) is 3.67. The number of carbonyl (C=O) groups excluding carboxylic acids is 1. The Labute approximate surface area is 134 Å². The van der Waals surface area contributed by atoms with Gasteiger partial charge in [0.2, 0.25) is 5.88 Å². The third kappa shape index (κ3) is 2.69. The monoisotopic (exact) mass is 320 g/mol. The first-order valence-electron chi connectivity index (χ1n) is 8.29. The minimum absolute atomic E-state index is 0.0268. The van der Waals surface area contributed by atoms with Crippen LogP contribution in [0.25, 0.3) is 0 Å². The van der Waals surface area contributed by atoms with Crippen LogP contribution in [0.2, 0.25) is 0 Å². The number of alkyl halides is 1. The van der Waals surface area contributed by atoms with Crippen molar-refractivity contribution in [3.8, 4) is 5.88 Å². The first kappa shape index (κ1) is 14.9. The molecule has 0 aromatic carbocycles. The number of nitrogens with zero attached hydrogens (tertiary/aromatic N) is 2. The molecular weight excluding hydrogens is 299 g/mol. The van der Waals surface area contributed by atoms with Gasteiger partial charge in [-0.05, 0) is 25.3 Å².